The van der Waals surface area contributed by atoms with E-state index in [0.717, 1.165) is 12.0 Å². The number of amides is 2. The Kier molecular flexibility index (Phi) is 4.77. The number of benzene rings is 1. The van der Waals surface area contributed by atoms with Gasteiger partial charge < -0.3 is 10.2 Å². The lowest BCUT2D eigenvalue weighted by Crippen LogP contribution is -2.45. The van der Waals surface area contributed by atoms with Gasteiger partial charge in [-0.3, -0.25) is 9.59 Å². The van der Waals surface area contributed by atoms with Crippen LogP contribution >= 0.6 is 0 Å². The van der Waals surface area contributed by atoms with Crippen molar-refractivity contribution in [2.24, 2.45) is 0 Å². The Labute approximate surface area is 120 Å². The van der Waals surface area contributed by atoms with Crippen molar-refractivity contribution < 1.29 is 9.59 Å². The highest BCUT2D eigenvalue weighted by Gasteiger charge is 2.32. The topological polar surface area (TPSA) is 49.4 Å². The van der Waals surface area contributed by atoms with Gasteiger partial charge in [-0.2, -0.15) is 0 Å². The fourth-order valence-corrected chi connectivity index (χ4v) is 2.76. The first-order valence-electron chi connectivity index (χ1n) is 7.32. The highest BCUT2D eigenvalue weighted by atomic mass is 16.2. The molecule has 1 aliphatic rings. The Bertz CT molecular complexity index is 473. The molecular weight excluding hydrogens is 252 g/mol. The summed E-state index contributed by atoms with van der Waals surface area (Å²) in [6.45, 7) is 4.50. The third kappa shape index (κ3) is 3.00. The molecule has 0 bridgehead atoms. The van der Waals surface area contributed by atoms with Crippen molar-refractivity contribution in [2.75, 3.05) is 6.54 Å². The Morgan fingerprint density at radius 3 is 2.55 bits per heavy atom. The Morgan fingerprint density at radius 1 is 1.25 bits per heavy atom. The van der Waals surface area contributed by atoms with Crippen LogP contribution in [0.1, 0.15) is 44.7 Å². The molecule has 0 aliphatic carbocycles. The molecule has 0 saturated carbocycles. The van der Waals surface area contributed by atoms with Crippen molar-refractivity contribution in [2.45, 2.75) is 45.2 Å². The molecule has 1 heterocycles. The van der Waals surface area contributed by atoms with E-state index in [1.807, 2.05) is 42.2 Å². The van der Waals surface area contributed by atoms with Gasteiger partial charge in [0.05, 0.1) is 6.04 Å². The van der Waals surface area contributed by atoms with Crippen LogP contribution < -0.4 is 5.32 Å². The van der Waals surface area contributed by atoms with E-state index in [0.29, 0.717) is 19.4 Å². The molecule has 4 heteroatoms. The predicted octanol–water partition coefficient (Wildman–Crippen LogP) is 2.26. The standard InChI is InChI=1S/C16H22N2O2/c1-3-13-16(20)18(11-10-15(19)17-13)14(4-2)12-8-6-5-7-9-12/h5-9,13-14H,3-4,10-11H2,1-2H3,(H,17,19). The summed E-state index contributed by atoms with van der Waals surface area (Å²) in [5.41, 5.74) is 1.13. The first-order chi connectivity index (χ1) is 9.67. The molecule has 2 rings (SSSR count). The van der Waals surface area contributed by atoms with Crippen LogP contribution in [0.2, 0.25) is 0 Å². The van der Waals surface area contributed by atoms with E-state index in [9.17, 15) is 9.59 Å². The highest BCUT2D eigenvalue weighted by molar-refractivity contribution is 5.90. The Balaban J connectivity index is 2.28. The van der Waals surface area contributed by atoms with E-state index >= 15 is 0 Å². The van der Waals surface area contributed by atoms with Crippen molar-refractivity contribution in [3.05, 3.63) is 35.9 Å². The van der Waals surface area contributed by atoms with E-state index < -0.39 is 0 Å². The SMILES string of the molecule is CCC1NC(=O)CCN(C(CC)c2ccccc2)C1=O. The average Bonchev–Trinajstić information content (AvgIpc) is 2.62. The van der Waals surface area contributed by atoms with Gasteiger partial charge in [0, 0.05) is 13.0 Å². The molecule has 2 atom stereocenters. The number of nitrogens with zero attached hydrogens (tertiary/aromatic N) is 1. The molecule has 0 spiro atoms. The van der Waals surface area contributed by atoms with Crippen molar-refractivity contribution in [1.82, 2.24) is 10.2 Å². The molecule has 20 heavy (non-hydrogen) atoms. The molecule has 1 aliphatic heterocycles. The first kappa shape index (κ1) is 14.6. The number of carbonyl (C=O) groups is 2. The summed E-state index contributed by atoms with van der Waals surface area (Å²) in [5.74, 6) is 0.00432. The van der Waals surface area contributed by atoms with Gasteiger partial charge in [-0.05, 0) is 18.4 Å². The normalized spacial score (nSPS) is 21.3. The van der Waals surface area contributed by atoms with Gasteiger partial charge >= 0.3 is 0 Å². The van der Waals surface area contributed by atoms with E-state index in [1.165, 1.54) is 0 Å². The van der Waals surface area contributed by atoms with Crippen LogP contribution in [0.4, 0.5) is 0 Å². The van der Waals surface area contributed by atoms with Gasteiger partial charge in [0.1, 0.15) is 6.04 Å². The molecule has 1 aromatic carbocycles. The number of hydrogen-bond donors (Lipinski definition) is 1. The third-order valence-electron chi connectivity index (χ3n) is 3.85. The number of hydrogen-bond acceptors (Lipinski definition) is 2. The van der Waals surface area contributed by atoms with Crippen molar-refractivity contribution >= 4 is 11.8 Å². The lowest BCUT2D eigenvalue weighted by molar-refractivity contribution is -0.135. The second-order valence-corrected chi connectivity index (χ2v) is 5.14. The van der Waals surface area contributed by atoms with E-state index in [2.05, 4.69) is 12.2 Å². The van der Waals surface area contributed by atoms with Crippen molar-refractivity contribution in [1.29, 1.82) is 0 Å². The van der Waals surface area contributed by atoms with Crippen LogP contribution in [0, 0.1) is 0 Å². The molecule has 1 aromatic rings. The molecule has 108 valence electrons. The Morgan fingerprint density at radius 2 is 1.95 bits per heavy atom. The van der Waals surface area contributed by atoms with Crippen LogP contribution in [0.25, 0.3) is 0 Å². The summed E-state index contributed by atoms with van der Waals surface area (Å²) >= 11 is 0. The number of nitrogens with one attached hydrogen (secondary N) is 1. The molecule has 1 fully saturated rings. The minimum atomic E-state index is -0.386. The average molecular weight is 274 g/mol. The van der Waals surface area contributed by atoms with Crippen LogP contribution in [0.5, 0.6) is 0 Å². The smallest absolute Gasteiger partial charge is 0.245 e. The maximum atomic E-state index is 12.6. The zero-order chi connectivity index (χ0) is 14.5. The molecule has 1 saturated heterocycles. The van der Waals surface area contributed by atoms with E-state index in [1.54, 1.807) is 0 Å². The molecular formula is C16H22N2O2. The minimum absolute atomic E-state index is 0.0318. The molecule has 0 radical (unpaired) electrons. The molecule has 2 unspecified atom stereocenters. The zero-order valence-electron chi connectivity index (χ0n) is 12.1. The monoisotopic (exact) mass is 274 g/mol. The molecule has 1 N–H and O–H groups in total. The summed E-state index contributed by atoms with van der Waals surface area (Å²) in [5, 5.41) is 2.81. The van der Waals surface area contributed by atoms with Gasteiger partial charge in [0.2, 0.25) is 11.8 Å². The maximum absolute atomic E-state index is 12.6. The van der Waals surface area contributed by atoms with Gasteiger partial charge in [-0.1, -0.05) is 44.2 Å². The lowest BCUT2D eigenvalue weighted by Gasteiger charge is -2.32. The molecule has 2 amide bonds. The van der Waals surface area contributed by atoms with Gasteiger partial charge in [-0.15, -0.1) is 0 Å². The highest BCUT2D eigenvalue weighted by Crippen LogP contribution is 2.26. The van der Waals surface area contributed by atoms with Crippen LogP contribution in [-0.4, -0.2) is 29.3 Å². The van der Waals surface area contributed by atoms with Gasteiger partial charge in [-0.25, -0.2) is 0 Å². The van der Waals surface area contributed by atoms with Crippen molar-refractivity contribution in [3.8, 4) is 0 Å². The van der Waals surface area contributed by atoms with Crippen LogP contribution in [0.3, 0.4) is 0 Å². The second kappa shape index (κ2) is 6.55. The summed E-state index contributed by atoms with van der Waals surface area (Å²) < 4.78 is 0. The summed E-state index contributed by atoms with van der Waals surface area (Å²) in [6.07, 6.45) is 1.86. The second-order valence-electron chi connectivity index (χ2n) is 5.14. The lowest BCUT2D eigenvalue weighted by atomic mass is 10.0. The zero-order valence-corrected chi connectivity index (χ0v) is 12.1. The quantitative estimate of drug-likeness (QED) is 0.915. The first-order valence-corrected chi connectivity index (χ1v) is 7.32. The summed E-state index contributed by atoms with van der Waals surface area (Å²) in [7, 11) is 0. The largest absolute Gasteiger partial charge is 0.344 e. The minimum Gasteiger partial charge on any atom is -0.344 e. The van der Waals surface area contributed by atoms with Gasteiger partial charge in [0.15, 0.2) is 0 Å². The molecule has 4 nitrogen and oxygen atoms in total. The number of carbonyl (C=O) groups excluding carboxylic acids is 2. The van der Waals surface area contributed by atoms with Crippen LogP contribution in [-0.2, 0) is 9.59 Å². The fraction of sp³-hybridized carbons (Fsp3) is 0.500. The maximum Gasteiger partial charge on any atom is 0.245 e. The number of rotatable bonds is 4. The van der Waals surface area contributed by atoms with Gasteiger partial charge in [0.25, 0.3) is 0 Å². The fourth-order valence-electron chi connectivity index (χ4n) is 2.76. The third-order valence-corrected chi connectivity index (χ3v) is 3.85. The van der Waals surface area contributed by atoms with E-state index in [4.69, 9.17) is 0 Å². The van der Waals surface area contributed by atoms with Crippen molar-refractivity contribution in [3.63, 3.8) is 0 Å². The Hall–Kier alpha value is -1.84. The van der Waals surface area contributed by atoms with Crippen LogP contribution in [0.15, 0.2) is 30.3 Å². The summed E-state index contributed by atoms with van der Waals surface area (Å²) in [6, 6.07) is 9.70. The molecule has 0 aromatic heterocycles. The van der Waals surface area contributed by atoms with E-state index in [-0.39, 0.29) is 23.9 Å². The predicted molar refractivity (Wildman–Crippen MR) is 78.0 cm³/mol. The summed E-state index contributed by atoms with van der Waals surface area (Å²) in [4.78, 5) is 26.2.